The number of aromatic nitrogens is 1. The van der Waals surface area contributed by atoms with Gasteiger partial charge in [-0.05, 0) is 48.9 Å². The molecule has 148 valence electrons. The number of carbonyl (C=O) groups excluding carboxylic acids is 1. The lowest BCUT2D eigenvalue weighted by Gasteiger charge is -2.26. The van der Waals surface area contributed by atoms with Crippen molar-refractivity contribution in [3.63, 3.8) is 0 Å². The molecule has 1 aromatic carbocycles. The largest absolute Gasteiger partial charge is 0.506 e. The number of likely N-dealkylation sites (tertiary alicyclic amines) is 1. The second-order valence-corrected chi connectivity index (χ2v) is 8.05. The van der Waals surface area contributed by atoms with E-state index in [2.05, 4.69) is 4.98 Å². The maximum absolute atomic E-state index is 13.9. The van der Waals surface area contributed by atoms with Crippen molar-refractivity contribution < 1.29 is 23.8 Å². The highest BCUT2D eigenvalue weighted by atomic mass is 19.1. The van der Waals surface area contributed by atoms with Crippen LogP contribution < -0.4 is 0 Å². The summed E-state index contributed by atoms with van der Waals surface area (Å²) in [6.07, 6.45) is 2.14. The van der Waals surface area contributed by atoms with Crippen molar-refractivity contribution in [2.24, 2.45) is 11.8 Å². The Morgan fingerprint density at radius 1 is 1.14 bits per heavy atom. The molecule has 5 nitrogen and oxygen atoms in total. The van der Waals surface area contributed by atoms with Gasteiger partial charge in [-0.25, -0.2) is 13.8 Å². The second-order valence-electron chi connectivity index (χ2n) is 8.05. The van der Waals surface area contributed by atoms with Crippen LogP contribution in [0.25, 0.3) is 0 Å². The third-order valence-electron chi connectivity index (χ3n) is 5.90. The van der Waals surface area contributed by atoms with E-state index in [1.807, 2.05) is 4.90 Å². The highest BCUT2D eigenvalue weighted by Gasteiger charge is 2.48. The molecule has 0 amide bonds. The Labute approximate surface area is 161 Å². The minimum atomic E-state index is -1.12. The number of aliphatic hydroxyl groups is 1. The molecular formula is C21H22F2N2O3. The maximum Gasteiger partial charge on any atom is 0.195 e. The number of hydrogen-bond donors (Lipinski definition) is 2. The van der Waals surface area contributed by atoms with E-state index in [0.29, 0.717) is 31.6 Å². The first kappa shape index (κ1) is 19.0. The summed E-state index contributed by atoms with van der Waals surface area (Å²) >= 11 is 0. The van der Waals surface area contributed by atoms with Gasteiger partial charge in [0.2, 0.25) is 0 Å². The molecule has 1 aromatic heterocycles. The predicted molar refractivity (Wildman–Crippen MR) is 97.9 cm³/mol. The fourth-order valence-electron chi connectivity index (χ4n) is 4.70. The number of carbonyl (C=O) groups is 1. The maximum atomic E-state index is 13.9. The molecule has 0 spiro atoms. The topological polar surface area (TPSA) is 73.7 Å². The molecule has 28 heavy (non-hydrogen) atoms. The first-order valence-corrected chi connectivity index (χ1v) is 9.39. The molecule has 2 N–H and O–H groups in total. The fraction of sp³-hybridized carbons (Fsp3) is 0.429. The van der Waals surface area contributed by atoms with Gasteiger partial charge in [0.25, 0.3) is 0 Å². The van der Waals surface area contributed by atoms with Gasteiger partial charge in [0.05, 0.1) is 18.3 Å². The summed E-state index contributed by atoms with van der Waals surface area (Å²) in [6.45, 7) is 1.55. The van der Waals surface area contributed by atoms with Crippen molar-refractivity contribution in [1.29, 1.82) is 0 Å². The summed E-state index contributed by atoms with van der Waals surface area (Å²) in [4.78, 5) is 18.3. The number of rotatable bonds is 5. The van der Waals surface area contributed by atoms with Crippen molar-refractivity contribution >= 4 is 5.78 Å². The van der Waals surface area contributed by atoms with Crippen LogP contribution >= 0.6 is 0 Å². The van der Waals surface area contributed by atoms with Gasteiger partial charge in [-0.3, -0.25) is 9.69 Å². The number of Topliss-reactive ketones (excluding diaryl/α,β-unsaturated/α-hetero) is 1. The number of halogens is 2. The molecule has 1 saturated carbocycles. The molecular weight excluding hydrogens is 366 g/mol. The van der Waals surface area contributed by atoms with Crippen molar-refractivity contribution in [2.45, 2.75) is 24.9 Å². The Kier molecular flexibility index (Phi) is 4.89. The summed E-state index contributed by atoms with van der Waals surface area (Å²) in [7, 11) is 0. The molecule has 3 atom stereocenters. The standard InChI is InChI=1S/C21H22F2N2O3/c22-17-2-1-3-18(23)16(17)8-21(28)6-13-10-25(11-14(13)7-21)12-20(27)19-5-4-15(26)9-24-19/h1-5,9,13-14,26,28H,6-8,10-12H2/t13-,14+,21+. The Morgan fingerprint density at radius 2 is 1.79 bits per heavy atom. The van der Waals surface area contributed by atoms with Crippen LogP contribution in [0.15, 0.2) is 36.5 Å². The van der Waals surface area contributed by atoms with Gasteiger partial charge < -0.3 is 10.2 Å². The normalized spacial score (nSPS) is 27.1. The van der Waals surface area contributed by atoms with E-state index in [0.717, 1.165) is 0 Å². The first-order valence-electron chi connectivity index (χ1n) is 9.39. The number of nitrogens with zero attached hydrogens (tertiary/aromatic N) is 2. The highest BCUT2D eigenvalue weighted by Crippen LogP contribution is 2.45. The number of benzene rings is 1. The Bertz CT molecular complexity index is 853. The van der Waals surface area contributed by atoms with Crippen molar-refractivity contribution in [3.05, 3.63) is 59.4 Å². The van der Waals surface area contributed by atoms with Gasteiger partial charge >= 0.3 is 0 Å². The molecule has 0 radical (unpaired) electrons. The summed E-state index contributed by atoms with van der Waals surface area (Å²) in [5.74, 6) is -0.972. The fourth-order valence-corrected chi connectivity index (χ4v) is 4.70. The Hall–Kier alpha value is -2.38. The minimum Gasteiger partial charge on any atom is -0.506 e. The quantitative estimate of drug-likeness (QED) is 0.771. The molecule has 2 heterocycles. The smallest absolute Gasteiger partial charge is 0.195 e. The van der Waals surface area contributed by atoms with E-state index in [1.54, 1.807) is 0 Å². The van der Waals surface area contributed by atoms with Gasteiger partial charge in [-0.1, -0.05) is 6.07 Å². The Morgan fingerprint density at radius 3 is 2.36 bits per heavy atom. The number of hydrogen-bond acceptors (Lipinski definition) is 5. The molecule has 2 aliphatic rings. The summed E-state index contributed by atoms with van der Waals surface area (Å²) in [5.41, 5.74) is -0.871. The van der Waals surface area contributed by atoms with E-state index in [-0.39, 0.29) is 41.9 Å². The van der Waals surface area contributed by atoms with Crippen LogP contribution in [0.2, 0.25) is 0 Å². The van der Waals surface area contributed by atoms with E-state index in [9.17, 15) is 23.8 Å². The predicted octanol–water partition coefficient (Wildman–Crippen LogP) is 2.56. The van der Waals surface area contributed by atoms with Gasteiger partial charge in [0, 0.05) is 25.1 Å². The number of pyridine rings is 1. The third-order valence-corrected chi connectivity index (χ3v) is 5.90. The van der Waals surface area contributed by atoms with Gasteiger partial charge in [0.1, 0.15) is 23.1 Å². The Balaban J connectivity index is 1.36. The van der Waals surface area contributed by atoms with E-state index >= 15 is 0 Å². The molecule has 7 heteroatoms. The van der Waals surface area contributed by atoms with Crippen LogP contribution in [0.1, 0.15) is 28.9 Å². The average Bonchev–Trinajstić information content (AvgIpc) is 3.13. The van der Waals surface area contributed by atoms with Crippen LogP contribution in [-0.4, -0.2) is 51.1 Å². The number of aromatic hydroxyl groups is 1. The van der Waals surface area contributed by atoms with Crippen molar-refractivity contribution in [2.75, 3.05) is 19.6 Å². The molecule has 2 fully saturated rings. The molecule has 1 aliphatic heterocycles. The van der Waals surface area contributed by atoms with Crippen molar-refractivity contribution in [3.8, 4) is 5.75 Å². The summed E-state index contributed by atoms with van der Waals surface area (Å²) in [5, 5.41) is 20.2. The van der Waals surface area contributed by atoms with Crippen LogP contribution in [0.5, 0.6) is 5.75 Å². The lowest BCUT2D eigenvalue weighted by Crippen LogP contribution is -2.34. The van der Waals surface area contributed by atoms with Crippen LogP contribution in [0.4, 0.5) is 8.78 Å². The lowest BCUT2D eigenvalue weighted by atomic mass is 9.90. The summed E-state index contributed by atoms with van der Waals surface area (Å²) < 4.78 is 27.9. The summed E-state index contributed by atoms with van der Waals surface area (Å²) in [6, 6.07) is 6.67. The zero-order chi connectivity index (χ0) is 19.9. The van der Waals surface area contributed by atoms with Crippen LogP contribution in [-0.2, 0) is 6.42 Å². The molecule has 4 rings (SSSR count). The number of fused-ring (bicyclic) bond motifs is 1. The minimum absolute atomic E-state index is 0.0119. The van der Waals surface area contributed by atoms with Gasteiger partial charge in [0.15, 0.2) is 5.78 Å². The monoisotopic (exact) mass is 388 g/mol. The molecule has 0 unspecified atom stereocenters. The first-order chi connectivity index (χ1) is 13.3. The number of ketones is 1. The molecule has 0 bridgehead atoms. The third kappa shape index (κ3) is 3.77. The average molecular weight is 388 g/mol. The van der Waals surface area contributed by atoms with Crippen LogP contribution in [0, 0.1) is 23.5 Å². The zero-order valence-electron chi connectivity index (χ0n) is 15.3. The van der Waals surface area contributed by atoms with E-state index in [1.165, 1.54) is 36.5 Å². The molecule has 2 aromatic rings. The molecule has 1 aliphatic carbocycles. The lowest BCUT2D eigenvalue weighted by molar-refractivity contribution is 0.0339. The SMILES string of the molecule is O=C(CN1C[C@@H]2C[C@](O)(Cc3c(F)cccc3F)C[C@@H]2C1)c1ccc(O)cn1. The van der Waals surface area contributed by atoms with E-state index in [4.69, 9.17) is 0 Å². The molecule has 1 saturated heterocycles. The van der Waals surface area contributed by atoms with E-state index < -0.39 is 17.2 Å². The second kappa shape index (κ2) is 7.22. The van der Waals surface area contributed by atoms with Gasteiger partial charge in [-0.2, -0.15) is 0 Å². The zero-order valence-corrected chi connectivity index (χ0v) is 15.3. The highest BCUT2D eigenvalue weighted by molar-refractivity contribution is 5.95. The van der Waals surface area contributed by atoms with Crippen molar-refractivity contribution in [1.82, 2.24) is 9.88 Å². The van der Waals surface area contributed by atoms with Crippen LogP contribution in [0.3, 0.4) is 0 Å². The van der Waals surface area contributed by atoms with Gasteiger partial charge in [-0.15, -0.1) is 0 Å².